The van der Waals surface area contributed by atoms with Gasteiger partial charge in [-0.15, -0.1) is 0 Å². The number of nitrogens with one attached hydrogen (secondary N) is 2. The van der Waals surface area contributed by atoms with Crippen molar-refractivity contribution in [3.63, 3.8) is 0 Å². The number of hydrogen-bond acceptors (Lipinski definition) is 3. The third-order valence-electron chi connectivity index (χ3n) is 2.81. The summed E-state index contributed by atoms with van der Waals surface area (Å²) in [6, 6.07) is 4.95. The largest absolute Gasteiger partial charge is 0.494 e. The smallest absolute Gasteiger partial charge is 0.200 e. The standard InChI is InChI=1S/C13H16FN3O/c1-8-11(17-13(15-2)16-8)7-9-4-5-12(18-3)10(14)6-9/h4-6H,7H2,1-3H3,(H2,15,16,17). The fraction of sp³-hybridized carbons (Fsp3) is 0.308. The molecule has 1 aromatic carbocycles. The van der Waals surface area contributed by atoms with Crippen molar-refractivity contribution in [1.29, 1.82) is 0 Å². The van der Waals surface area contributed by atoms with Gasteiger partial charge in [0.25, 0.3) is 0 Å². The maximum atomic E-state index is 13.6. The topological polar surface area (TPSA) is 49.9 Å². The van der Waals surface area contributed by atoms with Gasteiger partial charge in [-0.25, -0.2) is 9.37 Å². The van der Waals surface area contributed by atoms with Crippen LogP contribution in [0.5, 0.6) is 5.75 Å². The number of hydrogen-bond donors (Lipinski definition) is 2. The number of aromatic nitrogens is 2. The number of benzene rings is 1. The molecule has 0 atom stereocenters. The number of methoxy groups -OCH3 is 1. The molecule has 5 heteroatoms. The van der Waals surface area contributed by atoms with E-state index in [4.69, 9.17) is 4.74 Å². The Morgan fingerprint density at radius 1 is 1.44 bits per heavy atom. The van der Waals surface area contributed by atoms with E-state index in [1.807, 2.05) is 13.0 Å². The van der Waals surface area contributed by atoms with E-state index in [2.05, 4.69) is 15.3 Å². The predicted molar refractivity (Wildman–Crippen MR) is 68.6 cm³/mol. The van der Waals surface area contributed by atoms with Crippen LogP contribution in [0.1, 0.15) is 17.0 Å². The molecule has 0 saturated carbocycles. The van der Waals surface area contributed by atoms with E-state index in [9.17, 15) is 4.39 Å². The Hall–Kier alpha value is -2.04. The van der Waals surface area contributed by atoms with Gasteiger partial charge in [0.05, 0.1) is 12.8 Å². The molecule has 0 spiro atoms. The number of imidazole rings is 1. The molecule has 1 heterocycles. The summed E-state index contributed by atoms with van der Waals surface area (Å²) in [5.74, 6) is 0.627. The van der Waals surface area contributed by atoms with E-state index in [-0.39, 0.29) is 11.6 Å². The lowest BCUT2D eigenvalue weighted by Crippen LogP contribution is -1.95. The highest BCUT2D eigenvalue weighted by Crippen LogP contribution is 2.20. The lowest BCUT2D eigenvalue weighted by atomic mass is 10.1. The minimum atomic E-state index is -0.350. The minimum Gasteiger partial charge on any atom is -0.494 e. The molecular weight excluding hydrogens is 233 g/mol. The van der Waals surface area contributed by atoms with Crippen molar-refractivity contribution < 1.29 is 9.13 Å². The summed E-state index contributed by atoms with van der Waals surface area (Å²) in [7, 11) is 3.25. The van der Waals surface area contributed by atoms with Gasteiger partial charge in [0.15, 0.2) is 17.5 Å². The van der Waals surface area contributed by atoms with Gasteiger partial charge < -0.3 is 15.0 Å². The van der Waals surface area contributed by atoms with Crippen LogP contribution in [0.3, 0.4) is 0 Å². The molecule has 18 heavy (non-hydrogen) atoms. The average Bonchev–Trinajstić information content (AvgIpc) is 2.70. The summed E-state index contributed by atoms with van der Waals surface area (Å²) < 4.78 is 18.4. The third-order valence-corrected chi connectivity index (χ3v) is 2.81. The van der Waals surface area contributed by atoms with Gasteiger partial charge >= 0.3 is 0 Å². The lowest BCUT2D eigenvalue weighted by Gasteiger charge is -2.04. The molecule has 0 radical (unpaired) electrons. The molecular formula is C13H16FN3O. The van der Waals surface area contributed by atoms with Gasteiger partial charge in [-0.3, -0.25) is 0 Å². The quantitative estimate of drug-likeness (QED) is 0.875. The maximum Gasteiger partial charge on any atom is 0.200 e. The van der Waals surface area contributed by atoms with Gasteiger partial charge in [-0.2, -0.15) is 0 Å². The zero-order valence-corrected chi connectivity index (χ0v) is 10.7. The normalized spacial score (nSPS) is 10.4. The van der Waals surface area contributed by atoms with Crippen molar-refractivity contribution in [2.45, 2.75) is 13.3 Å². The first-order chi connectivity index (χ1) is 8.63. The van der Waals surface area contributed by atoms with Gasteiger partial charge in [0.1, 0.15) is 0 Å². The number of rotatable bonds is 4. The van der Waals surface area contributed by atoms with Crippen molar-refractivity contribution in [3.8, 4) is 5.75 Å². The Balaban J connectivity index is 2.22. The highest BCUT2D eigenvalue weighted by molar-refractivity contribution is 5.35. The predicted octanol–water partition coefficient (Wildman–Crippen LogP) is 2.50. The fourth-order valence-electron chi connectivity index (χ4n) is 1.80. The van der Waals surface area contributed by atoms with Gasteiger partial charge in [0.2, 0.25) is 0 Å². The van der Waals surface area contributed by atoms with Crippen LogP contribution in [0.25, 0.3) is 0 Å². The molecule has 2 rings (SSSR count). The van der Waals surface area contributed by atoms with Gasteiger partial charge in [-0.05, 0) is 24.6 Å². The number of aromatic amines is 1. The minimum absolute atomic E-state index is 0.258. The molecule has 96 valence electrons. The van der Waals surface area contributed by atoms with Crippen LogP contribution in [0, 0.1) is 12.7 Å². The molecule has 4 nitrogen and oxygen atoms in total. The van der Waals surface area contributed by atoms with E-state index in [1.54, 1.807) is 13.1 Å². The molecule has 0 aliphatic carbocycles. The van der Waals surface area contributed by atoms with Crippen molar-refractivity contribution in [2.24, 2.45) is 0 Å². The summed E-state index contributed by atoms with van der Waals surface area (Å²) >= 11 is 0. The highest BCUT2D eigenvalue weighted by atomic mass is 19.1. The zero-order chi connectivity index (χ0) is 13.1. The number of halogens is 1. The Bertz CT molecular complexity index is 551. The second-order valence-corrected chi connectivity index (χ2v) is 4.05. The summed E-state index contributed by atoms with van der Waals surface area (Å²) in [5, 5.41) is 2.94. The number of nitrogens with zero attached hydrogens (tertiary/aromatic N) is 1. The summed E-state index contributed by atoms with van der Waals surface area (Å²) in [5.41, 5.74) is 2.75. The molecule has 0 aliphatic heterocycles. The zero-order valence-electron chi connectivity index (χ0n) is 10.7. The van der Waals surface area contributed by atoms with Gasteiger partial charge in [0, 0.05) is 19.2 Å². The van der Waals surface area contributed by atoms with E-state index in [1.165, 1.54) is 13.2 Å². The van der Waals surface area contributed by atoms with Crippen LogP contribution in [-0.4, -0.2) is 24.1 Å². The number of H-pyrrole nitrogens is 1. The van der Waals surface area contributed by atoms with E-state index in [0.29, 0.717) is 6.42 Å². The molecule has 2 aromatic rings. The Morgan fingerprint density at radius 3 is 2.78 bits per heavy atom. The van der Waals surface area contributed by atoms with Crippen molar-refractivity contribution >= 4 is 5.95 Å². The molecule has 0 bridgehead atoms. The van der Waals surface area contributed by atoms with Crippen LogP contribution in [-0.2, 0) is 6.42 Å². The average molecular weight is 249 g/mol. The monoisotopic (exact) mass is 249 g/mol. The Morgan fingerprint density at radius 2 is 2.22 bits per heavy atom. The van der Waals surface area contributed by atoms with Crippen molar-refractivity contribution in [1.82, 2.24) is 9.97 Å². The van der Waals surface area contributed by atoms with Crippen LogP contribution >= 0.6 is 0 Å². The second-order valence-electron chi connectivity index (χ2n) is 4.05. The fourth-order valence-corrected chi connectivity index (χ4v) is 1.80. The summed E-state index contributed by atoms with van der Waals surface area (Å²) in [4.78, 5) is 7.49. The SMILES string of the molecule is CNc1nc(Cc2ccc(OC)c(F)c2)c(C)[nH]1. The highest BCUT2D eigenvalue weighted by Gasteiger charge is 2.09. The lowest BCUT2D eigenvalue weighted by molar-refractivity contribution is 0.386. The van der Waals surface area contributed by atoms with E-state index in [0.717, 1.165) is 22.9 Å². The van der Waals surface area contributed by atoms with Crippen molar-refractivity contribution in [2.75, 3.05) is 19.5 Å². The second kappa shape index (κ2) is 5.08. The van der Waals surface area contributed by atoms with Crippen LogP contribution in [0.15, 0.2) is 18.2 Å². The number of aryl methyl sites for hydroxylation is 1. The van der Waals surface area contributed by atoms with Crippen LogP contribution in [0.4, 0.5) is 10.3 Å². The first-order valence-corrected chi connectivity index (χ1v) is 5.69. The summed E-state index contributed by atoms with van der Waals surface area (Å²) in [6.07, 6.45) is 0.588. The first-order valence-electron chi connectivity index (χ1n) is 5.69. The maximum absolute atomic E-state index is 13.6. The molecule has 0 aliphatic rings. The van der Waals surface area contributed by atoms with Crippen LogP contribution in [0.2, 0.25) is 0 Å². The summed E-state index contributed by atoms with van der Waals surface area (Å²) in [6.45, 7) is 1.95. The Kier molecular flexibility index (Phi) is 3.50. The Labute approximate surface area is 105 Å². The number of anilines is 1. The molecule has 0 unspecified atom stereocenters. The number of ether oxygens (including phenoxy) is 1. The van der Waals surface area contributed by atoms with Crippen LogP contribution < -0.4 is 10.1 Å². The van der Waals surface area contributed by atoms with E-state index >= 15 is 0 Å². The molecule has 0 amide bonds. The molecule has 0 fully saturated rings. The molecule has 2 N–H and O–H groups in total. The third kappa shape index (κ3) is 2.45. The first kappa shape index (κ1) is 12.4. The molecule has 0 saturated heterocycles. The van der Waals surface area contributed by atoms with Gasteiger partial charge in [-0.1, -0.05) is 6.07 Å². The van der Waals surface area contributed by atoms with Crippen molar-refractivity contribution in [3.05, 3.63) is 41.0 Å². The molecule has 1 aromatic heterocycles. The van der Waals surface area contributed by atoms with E-state index < -0.39 is 0 Å².